The van der Waals surface area contributed by atoms with E-state index in [0.29, 0.717) is 22.2 Å². The van der Waals surface area contributed by atoms with E-state index in [2.05, 4.69) is 21.2 Å². The standard InChI is InChI=1S/C16H21BrN2O4S/c1-19(2)14(20)10-23-16(22)13(8-9-24-3)18-15(21)11-6-4-5-7-12(11)17/h4-7,13H,8-10H2,1-3H3,(H,18,21)/t13-/m0/s1. The summed E-state index contributed by atoms with van der Waals surface area (Å²) < 4.78 is 5.67. The Bertz CT molecular complexity index is 595. The lowest BCUT2D eigenvalue weighted by Gasteiger charge is -2.18. The summed E-state index contributed by atoms with van der Waals surface area (Å²) >= 11 is 4.87. The van der Waals surface area contributed by atoms with E-state index < -0.39 is 12.0 Å². The van der Waals surface area contributed by atoms with Crippen molar-refractivity contribution in [3.8, 4) is 0 Å². The molecule has 0 bridgehead atoms. The van der Waals surface area contributed by atoms with Crippen molar-refractivity contribution in [1.29, 1.82) is 0 Å². The monoisotopic (exact) mass is 416 g/mol. The first kappa shape index (κ1) is 20.5. The zero-order valence-corrected chi connectivity index (χ0v) is 16.3. The minimum absolute atomic E-state index is 0.316. The van der Waals surface area contributed by atoms with Crippen LogP contribution in [0.3, 0.4) is 0 Å². The third-order valence-corrected chi connectivity index (χ3v) is 4.49. The molecule has 0 fully saturated rings. The first-order chi connectivity index (χ1) is 11.4. The van der Waals surface area contributed by atoms with E-state index in [4.69, 9.17) is 4.74 Å². The Morgan fingerprint density at radius 1 is 1.29 bits per heavy atom. The smallest absolute Gasteiger partial charge is 0.329 e. The fourth-order valence-electron chi connectivity index (χ4n) is 1.73. The number of nitrogens with zero attached hydrogens (tertiary/aromatic N) is 1. The zero-order chi connectivity index (χ0) is 18.1. The van der Waals surface area contributed by atoms with Crippen LogP contribution >= 0.6 is 27.7 Å². The van der Waals surface area contributed by atoms with Gasteiger partial charge in [-0.15, -0.1) is 0 Å². The lowest BCUT2D eigenvalue weighted by Crippen LogP contribution is -2.43. The first-order valence-electron chi connectivity index (χ1n) is 7.28. The molecule has 2 amide bonds. The van der Waals surface area contributed by atoms with Crippen LogP contribution in [0.4, 0.5) is 0 Å². The molecular weight excluding hydrogens is 396 g/mol. The molecule has 0 aromatic heterocycles. The molecule has 1 atom stereocenters. The molecule has 0 saturated carbocycles. The minimum atomic E-state index is -0.799. The van der Waals surface area contributed by atoms with Crippen molar-refractivity contribution < 1.29 is 19.1 Å². The van der Waals surface area contributed by atoms with Gasteiger partial charge in [-0.3, -0.25) is 9.59 Å². The zero-order valence-electron chi connectivity index (χ0n) is 13.9. The Balaban J connectivity index is 2.74. The topological polar surface area (TPSA) is 75.7 Å². The summed E-state index contributed by atoms with van der Waals surface area (Å²) in [4.78, 5) is 37.4. The number of halogens is 1. The van der Waals surface area contributed by atoms with Crippen molar-refractivity contribution in [2.75, 3.05) is 32.7 Å². The molecule has 1 rings (SSSR count). The van der Waals surface area contributed by atoms with E-state index in [1.165, 1.54) is 4.90 Å². The summed E-state index contributed by atoms with van der Waals surface area (Å²) in [7, 11) is 3.16. The molecule has 1 aromatic rings. The number of thioether (sulfide) groups is 1. The number of hydrogen-bond donors (Lipinski definition) is 1. The second-order valence-corrected chi connectivity index (χ2v) is 7.02. The number of rotatable bonds is 8. The van der Waals surface area contributed by atoms with E-state index >= 15 is 0 Å². The van der Waals surface area contributed by atoms with Crippen molar-refractivity contribution in [1.82, 2.24) is 10.2 Å². The van der Waals surface area contributed by atoms with Crippen LogP contribution in [0.15, 0.2) is 28.7 Å². The first-order valence-corrected chi connectivity index (χ1v) is 9.46. The maximum atomic E-state index is 12.4. The molecule has 1 N–H and O–H groups in total. The lowest BCUT2D eigenvalue weighted by molar-refractivity contribution is -0.152. The molecule has 0 aliphatic carbocycles. The van der Waals surface area contributed by atoms with Crippen LogP contribution in [-0.2, 0) is 14.3 Å². The molecular formula is C16H21BrN2O4S. The number of carbonyl (C=O) groups is 3. The number of ether oxygens (including phenoxy) is 1. The Morgan fingerprint density at radius 2 is 1.96 bits per heavy atom. The van der Waals surface area contributed by atoms with Crippen molar-refractivity contribution in [2.24, 2.45) is 0 Å². The van der Waals surface area contributed by atoms with Crippen LogP contribution < -0.4 is 5.32 Å². The van der Waals surface area contributed by atoms with Gasteiger partial charge in [-0.1, -0.05) is 12.1 Å². The Labute approximate surface area is 154 Å². The van der Waals surface area contributed by atoms with E-state index in [1.54, 1.807) is 50.1 Å². The molecule has 24 heavy (non-hydrogen) atoms. The average molecular weight is 417 g/mol. The van der Waals surface area contributed by atoms with Gasteiger partial charge >= 0.3 is 5.97 Å². The predicted octanol–water partition coefficient (Wildman–Crippen LogP) is 1.93. The summed E-state index contributed by atoms with van der Waals surface area (Å²) in [6.07, 6.45) is 2.33. The summed E-state index contributed by atoms with van der Waals surface area (Å²) in [6.45, 7) is -0.341. The highest BCUT2D eigenvalue weighted by Crippen LogP contribution is 2.16. The Hall–Kier alpha value is -1.54. The number of nitrogens with one attached hydrogen (secondary N) is 1. The highest BCUT2D eigenvalue weighted by Gasteiger charge is 2.24. The summed E-state index contributed by atoms with van der Waals surface area (Å²) in [5, 5.41) is 2.68. The molecule has 0 aliphatic rings. The van der Waals surface area contributed by atoms with Crippen LogP contribution in [0.2, 0.25) is 0 Å². The second-order valence-electron chi connectivity index (χ2n) is 5.18. The molecule has 0 radical (unpaired) electrons. The molecule has 132 valence electrons. The third-order valence-electron chi connectivity index (χ3n) is 3.16. The van der Waals surface area contributed by atoms with Gasteiger partial charge in [0.1, 0.15) is 6.04 Å². The van der Waals surface area contributed by atoms with E-state index in [9.17, 15) is 14.4 Å². The van der Waals surface area contributed by atoms with Crippen molar-refractivity contribution in [2.45, 2.75) is 12.5 Å². The molecule has 8 heteroatoms. The third kappa shape index (κ3) is 6.52. The summed E-state index contributed by atoms with van der Waals surface area (Å²) in [5.41, 5.74) is 0.434. The summed E-state index contributed by atoms with van der Waals surface area (Å²) in [5.74, 6) is -0.620. The fraction of sp³-hybridized carbons (Fsp3) is 0.438. The molecule has 0 unspecified atom stereocenters. The number of benzene rings is 1. The predicted molar refractivity (Wildman–Crippen MR) is 98.0 cm³/mol. The number of hydrogen-bond acceptors (Lipinski definition) is 5. The quantitative estimate of drug-likeness (QED) is 0.655. The van der Waals surface area contributed by atoms with E-state index in [1.807, 2.05) is 6.26 Å². The fourth-order valence-corrected chi connectivity index (χ4v) is 2.66. The SMILES string of the molecule is CSCC[C@H](NC(=O)c1ccccc1Br)C(=O)OCC(=O)N(C)C. The van der Waals surface area contributed by atoms with E-state index in [-0.39, 0.29) is 18.4 Å². The maximum absolute atomic E-state index is 12.4. The molecule has 0 spiro atoms. The number of carbonyl (C=O) groups excluding carboxylic acids is 3. The largest absolute Gasteiger partial charge is 0.454 e. The second kappa shape index (κ2) is 10.4. The van der Waals surface area contributed by atoms with Gasteiger partial charge in [0.25, 0.3) is 11.8 Å². The van der Waals surface area contributed by atoms with Gasteiger partial charge in [0.2, 0.25) is 0 Å². The van der Waals surface area contributed by atoms with Crippen LogP contribution in [0.1, 0.15) is 16.8 Å². The Kier molecular flexibility index (Phi) is 8.84. The van der Waals surface area contributed by atoms with Gasteiger partial charge in [-0.05, 0) is 46.5 Å². The van der Waals surface area contributed by atoms with Crippen molar-refractivity contribution in [3.63, 3.8) is 0 Å². The lowest BCUT2D eigenvalue weighted by atomic mass is 10.1. The highest BCUT2D eigenvalue weighted by molar-refractivity contribution is 9.10. The van der Waals surface area contributed by atoms with Gasteiger partial charge in [0.15, 0.2) is 6.61 Å². The van der Waals surface area contributed by atoms with Gasteiger partial charge in [-0.25, -0.2) is 4.79 Å². The van der Waals surface area contributed by atoms with Crippen LogP contribution in [0, 0.1) is 0 Å². The van der Waals surface area contributed by atoms with Gasteiger partial charge in [0, 0.05) is 18.6 Å². The van der Waals surface area contributed by atoms with Crippen LogP contribution in [0.25, 0.3) is 0 Å². The molecule has 6 nitrogen and oxygen atoms in total. The number of likely N-dealkylation sites (N-methyl/N-ethyl adjacent to an activating group) is 1. The Morgan fingerprint density at radius 3 is 2.54 bits per heavy atom. The van der Waals surface area contributed by atoms with Crippen LogP contribution in [0.5, 0.6) is 0 Å². The molecule has 0 heterocycles. The van der Waals surface area contributed by atoms with Gasteiger partial charge in [-0.2, -0.15) is 11.8 Å². The van der Waals surface area contributed by atoms with Crippen molar-refractivity contribution in [3.05, 3.63) is 34.3 Å². The molecule has 1 aromatic carbocycles. The molecule has 0 aliphatic heterocycles. The van der Waals surface area contributed by atoms with Crippen LogP contribution in [-0.4, -0.2) is 61.4 Å². The van der Waals surface area contributed by atoms with Gasteiger partial charge < -0.3 is 15.0 Å². The summed E-state index contributed by atoms with van der Waals surface area (Å²) in [6, 6.07) is 6.15. The van der Waals surface area contributed by atoms with Crippen molar-refractivity contribution >= 4 is 45.5 Å². The number of esters is 1. The number of amides is 2. The highest BCUT2D eigenvalue weighted by atomic mass is 79.9. The average Bonchev–Trinajstić information content (AvgIpc) is 2.56. The normalized spacial score (nSPS) is 11.5. The van der Waals surface area contributed by atoms with E-state index in [0.717, 1.165) is 0 Å². The maximum Gasteiger partial charge on any atom is 0.329 e. The minimum Gasteiger partial charge on any atom is -0.454 e. The molecule has 0 saturated heterocycles. The van der Waals surface area contributed by atoms with Gasteiger partial charge in [0.05, 0.1) is 5.56 Å².